The van der Waals surface area contributed by atoms with Gasteiger partial charge in [-0.2, -0.15) is 0 Å². The number of hydrogen-bond donors (Lipinski definition) is 3. The lowest BCUT2D eigenvalue weighted by molar-refractivity contribution is -0.137. The Balaban J connectivity index is 2.71. The van der Waals surface area contributed by atoms with Crippen LogP contribution in [0.4, 0.5) is 0 Å². The van der Waals surface area contributed by atoms with E-state index in [1.165, 1.54) is 12.1 Å². The van der Waals surface area contributed by atoms with Crippen LogP contribution in [0.3, 0.4) is 0 Å². The number of nitrogens with one attached hydrogen (secondary N) is 2. The van der Waals surface area contributed by atoms with Crippen LogP contribution in [-0.4, -0.2) is 38.5 Å². The van der Waals surface area contributed by atoms with Gasteiger partial charge in [0.25, 0.3) is 0 Å². The van der Waals surface area contributed by atoms with Crippen molar-refractivity contribution in [2.75, 3.05) is 13.1 Å². The summed E-state index contributed by atoms with van der Waals surface area (Å²) in [6.45, 7) is 0.612. The van der Waals surface area contributed by atoms with E-state index in [0.29, 0.717) is 0 Å². The lowest BCUT2D eigenvalue weighted by atomic mass is 10.2. The zero-order valence-corrected chi connectivity index (χ0v) is 12.1. The third-order valence-electron chi connectivity index (χ3n) is 2.24. The van der Waals surface area contributed by atoms with Gasteiger partial charge in [0.2, 0.25) is 15.9 Å². The van der Waals surface area contributed by atoms with Crippen molar-refractivity contribution < 1.29 is 23.1 Å². The highest BCUT2D eigenvalue weighted by atomic mass is 35.5. The zero-order valence-electron chi connectivity index (χ0n) is 10.5. The maximum atomic E-state index is 11.9. The number of aliphatic carboxylic acids is 1. The summed E-state index contributed by atoms with van der Waals surface area (Å²) in [4.78, 5) is 21.3. The molecule has 0 aromatic heterocycles. The highest BCUT2D eigenvalue weighted by molar-refractivity contribution is 7.89. The summed E-state index contributed by atoms with van der Waals surface area (Å²) in [6.07, 6.45) is 0. The fraction of sp³-hybridized carbons (Fsp3) is 0.273. The molecule has 1 amide bonds. The molecule has 0 heterocycles. The molecule has 1 rings (SSSR count). The number of benzene rings is 1. The average molecular weight is 321 g/mol. The molecule has 0 fully saturated rings. The first kappa shape index (κ1) is 16.4. The number of amides is 1. The molecule has 1 aromatic carbocycles. The summed E-state index contributed by atoms with van der Waals surface area (Å²) in [5, 5.41) is 10.4. The van der Waals surface area contributed by atoms with Gasteiger partial charge < -0.3 is 10.4 Å². The van der Waals surface area contributed by atoms with E-state index in [1.807, 2.05) is 10.0 Å². The van der Waals surface area contributed by atoms with Crippen molar-refractivity contribution in [1.29, 1.82) is 0 Å². The Hall–Kier alpha value is -1.64. The fourth-order valence-electron chi connectivity index (χ4n) is 1.30. The van der Waals surface area contributed by atoms with Crippen molar-refractivity contribution in [2.24, 2.45) is 0 Å². The number of carbonyl (C=O) groups excluding carboxylic acids is 1. The summed E-state index contributed by atoms with van der Waals surface area (Å²) >= 11 is 5.83. The molecular weight excluding hydrogens is 308 g/mol. The Bertz CT molecular complexity index is 630. The van der Waals surface area contributed by atoms with Crippen LogP contribution >= 0.6 is 11.6 Å². The topological polar surface area (TPSA) is 113 Å². The van der Waals surface area contributed by atoms with Gasteiger partial charge >= 0.3 is 5.97 Å². The molecule has 9 heteroatoms. The van der Waals surface area contributed by atoms with E-state index in [-0.39, 0.29) is 9.92 Å². The Labute approximate surface area is 121 Å². The Morgan fingerprint density at radius 2 is 1.95 bits per heavy atom. The van der Waals surface area contributed by atoms with Gasteiger partial charge in [-0.3, -0.25) is 9.59 Å². The zero-order chi connectivity index (χ0) is 15.3. The maximum Gasteiger partial charge on any atom is 0.322 e. The molecular formula is C11H13ClN2O5S. The van der Waals surface area contributed by atoms with Crippen LogP contribution in [-0.2, 0) is 19.6 Å². The third-order valence-corrected chi connectivity index (χ3v) is 4.12. The van der Waals surface area contributed by atoms with Gasteiger partial charge in [-0.25, -0.2) is 13.1 Å². The largest absolute Gasteiger partial charge is 0.480 e. The van der Waals surface area contributed by atoms with Crippen LogP contribution < -0.4 is 10.0 Å². The monoisotopic (exact) mass is 320 g/mol. The number of sulfonamides is 1. The molecule has 0 aliphatic carbocycles. The predicted molar refractivity (Wildman–Crippen MR) is 72.0 cm³/mol. The van der Waals surface area contributed by atoms with Crippen LogP contribution in [0.2, 0.25) is 5.02 Å². The summed E-state index contributed by atoms with van der Waals surface area (Å²) in [7, 11) is -3.93. The molecule has 1 aromatic rings. The van der Waals surface area contributed by atoms with Crippen molar-refractivity contribution in [3.63, 3.8) is 0 Å². The number of aryl methyl sites for hydroxylation is 1. The van der Waals surface area contributed by atoms with Gasteiger partial charge in [-0.15, -0.1) is 0 Å². The Morgan fingerprint density at radius 3 is 2.50 bits per heavy atom. The Morgan fingerprint density at radius 1 is 1.30 bits per heavy atom. The van der Waals surface area contributed by atoms with Crippen LogP contribution in [0.15, 0.2) is 23.1 Å². The predicted octanol–water partition coefficient (Wildman–Crippen LogP) is 0.128. The van der Waals surface area contributed by atoms with Crippen LogP contribution in [0.1, 0.15) is 5.56 Å². The van der Waals surface area contributed by atoms with Gasteiger partial charge in [-0.05, 0) is 24.6 Å². The molecule has 0 atom stereocenters. The quantitative estimate of drug-likeness (QED) is 0.689. The highest BCUT2D eigenvalue weighted by Gasteiger charge is 2.18. The molecule has 0 saturated heterocycles. The SMILES string of the molecule is Cc1ccc(S(=O)(=O)NCC(=O)NCC(=O)O)c(Cl)c1. The molecule has 0 saturated carbocycles. The van der Waals surface area contributed by atoms with Crippen LogP contribution in [0.5, 0.6) is 0 Å². The van der Waals surface area contributed by atoms with E-state index in [9.17, 15) is 18.0 Å². The molecule has 0 unspecified atom stereocenters. The van der Waals surface area contributed by atoms with Crippen molar-refractivity contribution in [3.05, 3.63) is 28.8 Å². The molecule has 0 spiro atoms. The summed E-state index contributed by atoms with van der Waals surface area (Å²) in [6, 6.07) is 4.39. The highest BCUT2D eigenvalue weighted by Crippen LogP contribution is 2.21. The fourth-order valence-corrected chi connectivity index (χ4v) is 2.88. The summed E-state index contributed by atoms with van der Waals surface area (Å²) in [5.41, 5.74) is 0.799. The third kappa shape index (κ3) is 4.80. The minimum atomic E-state index is -3.93. The van der Waals surface area contributed by atoms with Crippen molar-refractivity contribution in [2.45, 2.75) is 11.8 Å². The van der Waals surface area contributed by atoms with E-state index in [0.717, 1.165) is 5.56 Å². The maximum absolute atomic E-state index is 11.9. The lowest BCUT2D eigenvalue weighted by Crippen LogP contribution is -2.39. The van der Waals surface area contributed by atoms with Gasteiger partial charge in [0.15, 0.2) is 0 Å². The van der Waals surface area contributed by atoms with Crippen LogP contribution in [0, 0.1) is 6.92 Å². The molecule has 0 aliphatic heterocycles. The first-order valence-corrected chi connectivity index (χ1v) is 7.33. The minimum absolute atomic E-state index is 0.0449. The number of hydrogen-bond acceptors (Lipinski definition) is 4. The van der Waals surface area contributed by atoms with E-state index in [4.69, 9.17) is 16.7 Å². The van der Waals surface area contributed by atoms with Crippen molar-refractivity contribution in [3.8, 4) is 0 Å². The van der Waals surface area contributed by atoms with E-state index < -0.39 is 35.0 Å². The molecule has 110 valence electrons. The normalized spacial score (nSPS) is 11.1. The first-order valence-electron chi connectivity index (χ1n) is 5.46. The summed E-state index contributed by atoms with van der Waals surface area (Å²) < 4.78 is 25.9. The van der Waals surface area contributed by atoms with Crippen molar-refractivity contribution >= 4 is 33.5 Å². The van der Waals surface area contributed by atoms with E-state index in [2.05, 4.69) is 0 Å². The van der Waals surface area contributed by atoms with Gasteiger partial charge in [0.1, 0.15) is 11.4 Å². The first-order chi connectivity index (χ1) is 9.22. The second-order valence-electron chi connectivity index (χ2n) is 3.93. The van der Waals surface area contributed by atoms with Crippen molar-refractivity contribution in [1.82, 2.24) is 10.0 Å². The van der Waals surface area contributed by atoms with Crippen LogP contribution in [0.25, 0.3) is 0 Å². The van der Waals surface area contributed by atoms with Gasteiger partial charge in [0, 0.05) is 0 Å². The molecule has 0 radical (unpaired) electrons. The number of carboxylic acids is 1. The minimum Gasteiger partial charge on any atom is -0.480 e. The lowest BCUT2D eigenvalue weighted by Gasteiger charge is -2.08. The van der Waals surface area contributed by atoms with E-state index in [1.54, 1.807) is 13.0 Å². The van der Waals surface area contributed by atoms with Gasteiger partial charge in [0.05, 0.1) is 11.6 Å². The molecule has 0 aliphatic rings. The Kier molecular flexibility index (Phi) is 5.49. The second-order valence-corrected chi connectivity index (χ2v) is 6.07. The second kappa shape index (κ2) is 6.69. The van der Waals surface area contributed by atoms with Gasteiger partial charge in [-0.1, -0.05) is 17.7 Å². The molecule has 7 nitrogen and oxygen atoms in total. The number of carbonyl (C=O) groups is 2. The standard InChI is InChI=1S/C11H13ClN2O5S/c1-7-2-3-9(8(12)4-7)20(18,19)14-5-10(15)13-6-11(16)17/h2-4,14H,5-6H2,1H3,(H,13,15)(H,16,17). The van der Waals surface area contributed by atoms with E-state index >= 15 is 0 Å². The smallest absolute Gasteiger partial charge is 0.322 e. The molecule has 3 N–H and O–H groups in total. The number of rotatable bonds is 6. The number of halogens is 1. The molecule has 0 bridgehead atoms. The number of carboxylic acid groups (broad SMARTS) is 1. The summed E-state index contributed by atoms with van der Waals surface area (Å²) in [5.74, 6) is -1.97. The molecule has 20 heavy (non-hydrogen) atoms. The average Bonchev–Trinajstić information content (AvgIpc) is 2.33.